The summed E-state index contributed by atoms with van der Waals surface area (Å²) in [7, 11) is 0. The summed E-state index contributed by atoms with van der Waals surface area (Å²) in [5.41, 5.74) is 1.91. The van der Waals surface area contributed by atoms with Crippen LogP contribution in [0.25, 0.3) is 0 Å². The molecule has 24 heavy (non-hydrogen) atoms. The highest BCUT2D eigenvalue weighted by Gasteiger charge is 2.13. The largest absolute Gasteiger partial charge is 0.307 e. The van der Waals surface area contributed by atoms with Crippen LogP contribution in [0, 0.1) is 6.92 Å². The molecule has 8 heteroatoms. The third-order valence-corrected chi connectivity index (χ3v) is 5.86. The fraction of sp³-hybridized carbons (Fsp3) is 0.562. The van der Waals surface area contributed by atoms with Crippen LogP contribution >= 0.6 is 22.7 Å². The van der Waals surface area contributed by atoms with Crippen molar-refractivity contribution in [1.82, 2.24) is 14.5 Å². The molecule has 0 bridgehead atoms. The standard InChI is InChI=1S/C16H22N4O2S2/c1-12-10-24-16(22)20(12)8-5-14(21)18-15-17-13(11-23-15)9-19-6-3-2-4-7-19/h10-11H,2-9H2,1H3,(H,17,18,21). The number of carbonyl (C=O) groups is 1. The highest BCUT2D eigenvalue weighted by atomic mass is 32.1. The number of thiazole rings is 2. The zero-order valence-corrected chi connectivity index (χ0v) is 15.4. The van der Waals surface area contributed by atoms with Crippen LogP contribution in [0.5, 0.6) is 0 Å². The number of carbonyl (C=O) groups excluding carboxylic acids is 1. The number of anilines is 1. The lowest BCUT2D eigenvalue weighted by Gasteiger charge is -2.25. The Morgan fingerprint density at radius 2 is 2.04 bits per heavy atom. The molecular weight excluding hydrogens is 344 g/mol. The summed E-state index contributed by atoms with van der Waals surface area (Å²) in [5, 5.41) is 7.30. The molecule has 130 valence electrons. The molecule has 6 nitrogen and oxygen atoms in total. The molecule has 0 aliphatic carbocycles. The highest BCUT2D eigenvalue weighted by molar-refractivity contribution is 7.13. The zero-order valence-electron chi connectivity index (χ0n) is 13.8. The SMILES string of the molecule is Cc1csc(=O)n1CCC(=O)Nc1nc(CN2CCCCC2)cs1. The van der Waals surface area contributed by atoms with Crippen molar-refractivity contribution < 1.29 is 4.79 Å². The number of aromatic nitrogens is 2. The van der Waals surface area contributed by atoms with Gasteiger partial charge < -0.3 is 9.88 Å². The summed E-state index contributed by atoms with van der Waals surface area (Å²) in [6, 6.07) is 0. The maximum absolute atomic E-state index is 12.1. The average molecular weight is 367 g/mol. The Hall–Kier alpha value is -1.51. The van der Waals surface area contributed by atoms with Gasteiger partial charge in [-0.05, 0) is 32.9 Å². The Morgan fingerprint density at radius 3 is 2.75 bits per heavy atom. The second kappa shape index (κ2) is 8.04. The van der Waals surface area contributed by atoms with E-state index in [4.69, 9.17) is 0 Å². The van der Waals surface area contributed by atoms with E-state index in [2.05, 4.69) is 15.2 Å². The number of aryl methyl sites for hydroxylation is 1. The number of piperidine rings is 1. The van der Waals surface area contributed by atoms with Crippen molar-refractivity contribution in [3.05, 3.63) is 31.8 Å². The molecule has 0 saturated carbocycles. The quantitative estimate of drug-likeness (QED) is 0.853. The van der Waals surface area contributed by atoms with Gasteiger partial charge in [0.1, 0.15) is 0 Å². The molecule has 1 aliphatic rings. The Balaban J connectivity index is 1.49. The predicted octanol–water partition coefficient (Wildman–Crippen LogP) is 2.69. The summed E-state index contributed by atoms with van der Waals surface area (Å²) >= 11 is 2.63. The molecule has 1 amide bonds. The number of hydrogen-bond donors (Lipinski definition) is 1. The van der Waals surface area contributed by atoms with Gasteiger partial charge in [-0.2, -0.15) is 0 Å². The van der Waals surface area contributed by atoms with Gasteiger partial charge in [0.2, 0.25) is 5.91 Å². The van der Waals surface area contributed by atoms with Gasteiger partial charge in [-0.15, -0.1) is 11.3 Å². The minimum atomic E-state index is -0.105. The molecule has 2 aromatic heterocycles. The molecular formula is C16H22N4O2S2. The van der Waals surface area contributed by atoms with Crippen molar-refractivity contribution in [2.75, 3.05) is 18.4 Å². The number of amides is 1. The smallest absolute Gasteiger partial charge is 0.303 e. The first-order chi connectivity index (χ1) is 11.6. The van der Waals surface area contributed by atoms with E-state index >= 15 is 0 Å². The third-order valence-electron chi connectivity index (χ3n) is 4.17. The molecule has 3 rings (SSSR count). The zero-order chi connectivity index (χ0) is 16.9. The maximum atomic E-state index is 12.1. The molecule has 1 N–H and O–H groups in total. The molecule has 2 aromatic rings. The minimum Gasteiger partial charge on any atom is -0.303 e. The van der Waals surface area contributed by atoms with E-state index in [1.165, 1.54) is 41.9 Å². The minimum absolute atomic E-state index is 0.0154. The maximum Gasteiger partial charge on any atom is 0.307 e. The third kappa shape index (κ3) is 4.52. The molecule has 0 radical (unpaired) electrons. The Bertz CT molecular complexity index is 743. The van der Waals surface area contributed by atoms with Crippen LogP contribution in [0.4, 0.5) is 5.13 Å². The molecule has 1 aliphatic heterocycles. The van der Waals surface area contributed by atoms with E-state index in [-0.39, 0.29) is 17.2 Å². The Labute approximate surface area is 149 Å². The van der Waals surface area contributed by atoms with Crippen LogP contribution in [-0.4, -0.2) is 33.4 Å². The van der Waals surface area contributed by atoms with E-state index in [1.807, 2.05) is 17.7 Å². The molecule has 0 atom stereocenters. The van der Waals surface area contributed by atoms with Crippen molar-refractivity contribution >= 4 is 33.7 Å². The van der Waals surface area contributed by atoms with Crippen molar-refractivity contribution in [2.45, 2.75) is 45.7 Å². The average Bonchev–Trinajstić information content (AvgIpc) is 3.13. The molecule has 0 aromatic carbocycles. The fourth-order valence-electron chi connectivity index (χ4n) is 2.85. The fourth-order valence-corrected chi connectivity index (χ4v) is 4.33. The molecule has 3 heterocycles. The monoisotopic (exact) mass is 366 g/mol. The second-order valence-electron chi connectivity index (χ2n) is 6.07. The van der Waals surface area contributed by atoms with Gasteiger partial charge >= 0.3 is 4.87 Å². The van der Waals surface area contributed by atoms with Gasteiger partial charge in [-0.25, -0.2) is 4.98 Å². The van der Waals surface area contributed by atoms with Crippen LogP contribution in [0.3, 0.4) is 0 Å². The first kappa shape index (κ1) is 17.3. The summed E-state index contributed by atoms with van der Waals surface area (Å²) in [6.07, 6.45) is 4.12. The number of rotatable bonds is 6. The number of likely N-dealkylation sites (tertiary alicyclic amines) is 1. The number of nitrogens with one attached hydrogen (secondary N) is 1. The van der Waals surface area contributed by atoms with Gasteiger partial charge in [-0.1, -0.05) is 17.8 Å². The Kier molecular flexibility index (Phi) is 5.80. The lowest BCUT2D eigenvalue weighted by atomic mass is 10.1. The number of nitrogens with zero attached hydrogens (tertiary/aromatic N) is 3. The first-order valence-electron chi connectivity index (χ1n) is 8.23. The van der Waals surface area contributed by atoms with Gasteiger partial charge in [0.05, 0.1) is 5.69 Å². The summed E-state index contributed by atoms with van der Waals surface area (Å²) in [4.78, 5) is 30.6. The van der Waals surface area contributed by atoms with Gasteiger partial charge in [0.25, 0.3) is 0 Å². The van der Waals surface area contributed by atoms with E-state index in [1.54, 1.807) is 4.57 Å². The summed E-state index contributed by atoms with van der Waals surface area (Å²) in [5.74, 6) is -0.105. The summed E-state index contributed by atoms with van der Waals surface area (Å²) in [6.45, 7) is 5.41. The molecule has 1 fully saturated rings. The highest BCUT2D eigenvalue weighted by Crippen LogP contribution is 2.19. The van der Waals surface area contributed by atoms with Crippen molar-refractivity contribution in [3.8, 4) is 0 Å². The van der Waals surface area contributed by atoms with Crippen LogP contribution in [0.15, 0.2) is 15.6 Å². The van der Waals surface area contributed by atoms with E-state index in [9.17, 15) is 9.59 Å². The van der Waals surface area contributed by atoms with Crippen molar-refractivity contribution in [2.24, 2.45) is 0 Å². The van der Waals surface area contributed by atoms with Crippen molar-refractivity contribution in [1.29, 1.82) is 0 Å². The van der Waals surface area contributed by atoms with Crippen molar-refractivity contribution in [3.63, 3.8) is 0 Å². The molecule has 0 spiro atoms. The lowest BCUT2D eigenvalue weighted by molar-refractivity contribution is -0.116. The number of hydrogen-bond acceptors (Lipinski definition) is 6. The lowest BCUT2D eigenvalue weighted by Crippen LogP contribution is -2.29. The van der Waals surface area contributed by atoms with Gasteiger partial charge in [0.15, 0.2) is 5.13 Å². The summed E-state index contributed by atoms with van der Waals surface area (Å²) < 4.78 is 1.63. The van der Waals surface area contributed by atoms with Crippen LogP contribution in [0.2, 0.25) is 0 Å². The van der Waals surface area contributed by atoms with Gasteiger partial charge in [0, 0.05) is 36.0 Å². The van der Waals surface area contributed by atoms with Gasteiger partial charge in [-0.3, -0.25) is 14.5 Å². The van der Waals surface area contributed by atoms with Crippen LogP contribution in [-0.2, 0) is 17.9 Å². The molecule has 0 unspecified atom stereocenters. The Morgan fingerprint density at radius 1 is 1.25 bits per heavy atom. The van der Waals surface area contributed by atoms with Crippen LogP contribution < -0.4 is 10.2 Å². The van der Waals surface area contributed by atoms with E-state index in [0.717, 1.165) is 31.0 Å². The van der Waals surface area contributed by atoms with Crippen LogP contribution in [0.1, 0.15) is 37.1 Å². The normalized spacial score (nSPS) is 15.5. The van der Waals surface area contributed by atoms with E-state index in [0.29, 0.717) is 11.7 Å². The first-order valence-corrected chi connectivity index (χ1v) is 9.99. The topological polar surface area (TPSA) is 67.2 Å². The molecule has 1 saturated heterocycles. The second-order valence-corrected chi connectivity index (χ2v) is 7.75. The van der Waals surface area contributed by atoms with E-state index < -0.39 is 0 Å². The predicted molar refractivity (Wildman–Crippen MR) is 97.8 cm³/mol.